The predicted octanol–water partition coefficient (Wildman–Crippen LogP) is 5.15. The third kappa shape index (κ3) is 6.15. The summed E-state index contributed by atoms with van der Waals surface area (Å²) >= 11 is 0. The Bertz CT molecular complexity index is 1190. The molecule has 0 saturated heterocycles. The molecular weight excluding hydrogens is 488 g/mol. The number of anilines is 1. The molecule has 3 aromatic rings. The number of aliphatic hydroxyl groups excluding tert-OH is 1. The Morgan fingerprint density at radius 1 is 1.16 bits per heavy atom. The molecule has 0 aliphatic carbocycles. The number of rotatable bonds is 13. The molecule has 1 aromatic carbocycles. The highest BCUT2D eigenvalue weighted by Crippen LogP contribution is 2.43. The van der Waals surface area contributed by atoms with Crippen LogP contribution in [0, 0.1) is 5.41 Å². The number of imidazole rings is 1. The number of fused-ring (bicyclic) bond motifs is 1. The number of H-pyrrole nitrogens is 1. The number of aromatic amines is 1. The van der Waals surface area contributed by atoms with E-state index in [2.05, 4.69) is 15.5 Å². The lowest BCUT2D eigenvalue weighted by molar-refractivity contribution is 0.000750. The van der Waals surface area contributed by atoms with Gasteiger partial charge >= 0.3 is 6.09 Å². The van der Waals surface area contributed by atoms with Crippen LogP contribution in [0.3, 0.4) is 0 Å². The molecule has 2 heterocycles. The number of aromatic nitrogens is 4. The Labute approximate surface area is 224 Å². The third-order valence-electron chi connectivity index (χ3n) is 6.53. The molecule has 38 heavy (non-hydrogen) atoms. The van der Waals surface area contributed by atoms with Crippen molar-refractivity contribution in [1.82, 2.24) is 24.6 Å². The second-order valence-corrected chi connectivity index (χ2v) is 10.4. The molecule has 1 unspecified atom stereocenters. The lowest BCUT2D eigenvalue weighted by Crippen LogP contribution is -2.54. The van der Waals surface area contributed by atoms with Crippen LogP contribution in [-0.4, -0.2) is 66.4 Å². The van der Waals surface area contributed by atoms with E-state index in [1.807, 2.05) is 65.3 Å². The van der Waals surface area contributed by atoms with Gasteiger partial charge in [-0.2, -0.15) is 5.10 Å². The van der Waals surface area contributed by atoms with Crippen LogP contribution in [0.4, 0.5) is 10.6 Å². The van der Waals surface area contributed by atoms with Gasteiger partial charge in [0.15, 0.2) is 0 Å². The largest absolute Gasteiger partial charge is 0.492 e. The quantitative estimate of drug-likeness (QED) is 0.223. The first-order chi connectivity index (χ1) is 18.0. The van der Waals surface area contributed by atoms with Gasteiger partial charge in [0.2, 0.25) is 0 Å². The maximum Gasteiger partial charge on any atom is 0.408 e. The van der Waals surface area contributed by atoms with Gasteiger partial charge < -0.3 is 29.6 Å². The van der Waals surface area contributed by atoms with E-state index in [9.17, 15) is 15.0 Å². The second kappa shape index (κ2) is 12.4. The van der Waals surface area contributed by atoms with E-state index >= 15 is 0 Å². The Kier molecular flexibility index (Phi) is 9.48. The van der Waals surface area contributed by atoms with Crippen molar-refractivity contribution in [1.29, 1.82) is 0 Å². The fraction of sp³-hybridized carbons (Fsp3) is 0.593. The summed E-state index contributed by atoms with van der Waals surface area (Å²) in [6.45, 7) is 12.7. The number of amides is 1. The Morgan fingerprint density at radius 3 is 2.37 bits per heavy atom. The molecule has 0 saturated carbocycles. The van der Waals surface area contributed by atoms with Gasteiger partial charge in [0, 0.05) is 13.1 Å². The van der Waals surface area contributed by atoms with E-state index in [1.165, 1.54) is 4.90 Å². The van der Waals surface area contributed by atoms with Crippen LogP contribution in [-0.2, 0) is 7.05 Å². The van der Waals surface area contributed by atoms with Gasteiger partial charge in [-0.3, -0.25) is 10.00 Å². The van der Waals surface area contributed by atoms with E-state index < -0.39 is 29.8 Å². The summed E-state index contributed by atoms with van der Waals surface area (Å²) < 4.78 is 13.7. The summed E-state index contributed by atoms with van der Waals surface area (Å²) in [4.78, 5) is 19.3. The predicted molar refractivity (Wildman–Crippen MR) is 147 cm³/mol. The van der Waals surface area contributed by atoms with Gasteiger partial charge in [0.25, 0.3) is 0 Å². The highest BCUT2D eigenvalue weighted by atomic mass is 16.5. The van der Waals surface area contributed by atoms with Crippen LogP contribution < -0.4 is 14.8 Å². The van der Waals surface area contributed by atoms with Crippen LogP contribution in [0.1, 0.15) is 72.7 Å². The molecule has 0 bridgehead atoms. The van der Waals surface area contributed by atoms with Crippen LogP contribution in [0.5, 0.6) is 11.5 Å². The molecule has 0 spiro atoms. The number of hydrogen-bond donors (Lipinski definition) is 4. The van der Waals surface area contributed by atoms with E-state index in [0.29, 0.717) is 48.3 Å². The van der Waals surface area contributed by atoms with Gasteiger partial charge in [0.1, 0.15) is 40.4 Å². The number of benzene rings is 1. The number of nitrogens with one attached hydrogen (secondary N) is 2. The fourth-order valence-electron chi connectivity index (χ4n) is 4.89. The first kappa shape index (κ1) is 29.1. The minimum Gasteiger partial charge on any atom is -0.492 e. The molecule has 1 amide bonds. The number of unbranched alkanes of at least 4 members (excludes halogenated alkanes) is 1. The number of aryl methyl sites for hydroxylation is 1. The number of carboxylic acid groups (broad SMARTS) is 1. The number of ether oxygens (including phenoxy) is 2. The number of carbonyl (C=O) groups is 1. The van der Waals surface area contributed by atoms with Gasteiger partial charge in [-0.1, -0.05) is 40.5 Å². The van der Waals surface area contributed by atoms with Gasteiger partial charge in [-0.05, 0) is 37.8 Å². The molecular formula is C27H42N6O5. The van der Waals surface area contributed by atoms with Crippen LogP contribution in [0.2, 0.25) is 0 Å². The van der Waals surface area contributed by atoms with Crippen molar-refractivity contribution in [3.63, 3.8) is 0 Å². The van der Waals surface area contributed by atoms with Gasteiger partial charge in [0.05, 0.1) is 31.5 Å². The highest BCUT2D eigenvalue weighted by molar-refractivity contribution is 5.88. The smallest absolute Gasteiger partial charge is 0.408 e. The summed E-state index contributed by atoms with van der Waals surface area (Å²) in [6.07, 6.45) is 1.28. The summed E-state index contributed by atoms with van der Waals surface area (Å²) in [7, 11) is 1.86. The molecule has 11 nitrogen and oxygen atoms in total. The topological polar surface area (TPSA) is 138 Å². The number of nitrogens with zero attached hydrogens (tertiary/aromatic N) is 4. The van der Waals surface area contributed by atoms with Crippen molar-refractivity contribution in [2.45, 2.75) is 79.1 Å². The molecule has 3 rings (SSSR count). The van der Waals surface area contributed by atoms with Crippen molar-refractivity contribution in [3.8, 4) is 11.5 Å². The molecule has 0 radical (unpaired) electrons. The fourth-order valence-corrected chi connectivity index (χ4v) is 4.89. The molecule has 4 N–H and O–H groups in total. The maximum absolute atomic E-state index is 13.0. The summed E-state index contributed by atoms with van der Waals surface area (Å²) in [5.41, 5.74) is 0.758. The molecule has 0 fully saturated rings. The van der Waals surface area contributed by atoms with Crippen LogP contribution >= 0.6 is 0 Å². The third-order valence-corrected chi connectivity index (χ3v) is 6.53. The minimum absolute atomic E-state index is 0.454. The normalized spacial score (nSPS) is 14.2. The average Bonchev–Trinajstić information content (AvgIpc) is 3.47. The lowest BCUT2D eigenvalue weighted by Gasteiger charge is -2.43. The van der Waals surface area contributed by atoms with Gasteiger partial charge in [-0.15, -0.1) is 0 Å². The molecule has 11 heteroatoms. The standard InChI is InChI=1S/C27H42N6O5/c1-8-11-12-17(25(34)29-20-15-16-28-31-20)33(26(35)36)23(27(4,5)6)24-30-21-18(37-9-2)13-14-19(38-10-3)22(21)32(24)7/h13-17,23,25,34H,8-12H2,1-7H3,(H,35,36)(H2,28,29,31)/t17-,23?,25-/m0/s1. The summed E-state index contributed by atoms with van der Waals surface area (Å²) in [5.74, 6) is 2.29. The zero-order chi connectivity index (χ0) is 28.0. The summed E-state index contributed by atoms with van der Waals surface area (Å²) in [6, 6.07) is 3.89. The average molecular weight is 531 g/mol. The second-order valence-electron chi connectivity index (χ2n) is 10.4. The van der Waals surface area contributed by atoms with Crippen LogP contribution in [0.15, 0.2) is 24.4 Å². The monoisotopic (exact) mass is 530 g/mol. The van der Waals surface area contributed by atoms with Crippen molar-refractivity contribution in [2.24, 2.45) is 12.5 Å². The molecule has 3 atom stereocenters. The first-order valence-electron chi connectivity index (χ1n) is 13.2. The molecule has 0 aliphatic rings. The minimum atomic E-state index is -1.18. The van der Waals surface area contributed by atoms with Crippen molar-refractivity contribution in [2.75, 3.05) is 18.5 Å². The van der Waals surface area contributed by atoms with Crippen molar-refractivity contribution >= 4 is 22.9 Å². The molecule has 2 aromatic heterocycles. The molecule has 0 aliphatic heterocycles. The Balaban J connectivity index is 2.21. The van der Waals surface area contributed by atoms with E-state index in [-0.39, 0.29) is 0 Å². The SMILES string of the molecule is CCCC[C@@H]([C@H](O)Nc1ccn[nH]1)N(C(=O)O)C(c1nc2c(OCC)ccc(OCC)c2n1C)C(C)(C)C. The Hall–Kier alpha value is -3.47. The maximum atomic E-state index is 13.0. The summed E-state index contributed by atoms with van der Waals surface area (Å²) in [5, 5.41) is 31.6. The van der Waals surface area contributed by atoms with Crippen molar-refractivity contribution < 1.29 is 24.5 Å². The number of hydrogen-bond acceptors (Lipinski definition) is 7. The van der Waals surface area contributed by atoms with E-state index in [1.54, 1.807) is 12.3 Å². The lowest BCUT2D eigenvalue weighted by atomic mass is 9.83. The van der Waals surface area contributed by atoms with Gasteiger partial charge in [-0.25, -0.2) is 9.78 Å². The van der Waals surface area contributed by atoms with E-state index in [4.69, 9.17) is 14.5 Å². The zero-order valence-electron chi connectivity index (χ0n) is 23.5. The molecule has 210 valence electrons. The van der Waals surface area contributed by atoms with Crippen LogP contribution in [0.25, 0.3) is 11.0 Å². The zero-order valence-corrected chi connectivity index (χ0v) is 23.5. The number of aliphatic hydroxyl groups is 1. The first-order valence-corrected chi connectivity index (χ1v) is 13.2. The highest BCUT2D eigenvalue weighted by Gasteiger charge is 2.44. The Morgan fingerprint density at radius 2 is 1.82 bits per heavy atom. The van der Waals surface area contributed by atoms with Crippen molar-refractivity contribution in [3.05, 3.63) is 30.2 Å². The van der Waals surface area contributed by atoms with E-state index in [0.717, 1.165) is 18.4 Å².